The minimum atomic E-state index is -3.91. The number of benzene rings is 1. The van der Waals surface area contributed by atoms with Crippen LogP contribution in [-0.4, -0.2) is 30.1 Å². The summed E-state index contributed by atoms with van der Waals surface area (Å²) in [5.41, 5.74) is 1.29. The van der Waals surface area contributed by atoms with E-state index < -0.39 is 21.7 Å². The van der Waals surface area contributed by atoms with Crippen molar-refractivity contribution in [2.75, 3.05) is 5.32 Å². The highest BCUT2D eigenvalue weighted by Gasteiger charge is 2.37. The van der Waals surface area contributed by atoms with E-state index in [2.05, 4.69) is 20.2 Å². The second-order valence-corrected chi connectivity index (χ2v) is 10.7. The largest absolute Gasteiger partial charge is 0.487 e. The maximum Gasteiger partial charge on any atom is 0.270 e. The van der Waals surface area contributed by atoms with Crippen LogP contribution in [0.2, 0.25) is 0 Å². The van der Waals surface area contributed by atoms with E-state index in [0.29, 0.717) is 12.2 Å². The number of carbonyl (C=O) groups is 1. The van der Waals surface area contributed by atoms with Crippen LogP contribution < -0.4 is 14.8 Å². The lowest BCUT2D eigenvalue weighted by Crippen LogP contribution is -2.41. The first-order valence-corrected chi connectivity index (χ1v) is 11.2. The number of nitrogens with one attached hydrogen (secondary N) is 2. The fourth-order valence-corrected chi connectivity index (χ4v) is 5.07. The van der Waals surface area contributed by atoms with E-state index in [0.717, 1.165) is 22.5 Å². The van der Waals surface area contributed by atoms with Crippen molar-refractivity contribution in [2.45, 2.75) is 57.0 Å². The Morgan fingerprint density at radius 3 is 2.71 bits per heavy atom. The lowest BCUT2D eigenvalue weighted by atomic mass is 9.89. The zero-order valence-electron chi connectivity index (χ0n) is 16.4. The summed E-state index contributed by atoms with van der Waals surface area (Å²) in [5.74, 6) is 0.173. The van der Waals surface area contributed by atoms with Crippen molar-refractivity contribution < 1.29 is 17.9 Å². The number of carbonyl (C=O) groups excluding carboxylic acids is 1. The summed E-state index contributed by atoms with van der Waals surface area (Å²) in [6.07, 6.45) is 0.471. The molecule has 1 amide bonds. The van der Waals surface area contributed by atoms with E-state index in [1.807, 2.05) is 39.0 Å². The predicted molar refractivity (Wildman–Crippen MR) is 107 cm³/mol. The van der Waals surface area contributed by atoms with Crippen molar-refractivity contribution in [1.29, 1.82) is 0 Å². The topological polar surface area (TPSA) is 110 Å². The second kappa shape index (κ2) is 7.41. The molecule has 28 heavy (non-hydrogen) atoms. The highest BCUT2D eigenvalue weighted by molar-refractivity contribution is 7.91. The molecule has 0 saturated heterocycles. The summed E-state index contributed by atoms with van der Waals surface area (Å²) >= 11 is 0.823. The van der Waals surface area contributed by atoms with Crippen LogP contribution in [-0.2, 0) is 14.8 Å². The summed E-state index contributed by atoms with van der Waals surface area (Å²) < 4.78 is 34.3. The second-order valence-electron chi connectivity index (χ2n) is 7.80. The van der Waals surface area contributed by atoms with Crippen LogP contribution in [0.15, 0.2) is 22.5 Å². The number of hydrogen-bond acceptors (Lipinski definition) is 7. The molecule has 0 aliphatic carbocycles. The first-order valence-electron chi connectivity index (χ1n) is 8.93. The minimum absolute atomic E-state index is 0.155. The number of aryl methyl sites for hydroxylation is 1. The van der Waals surface area contributed by atoms with Crippen molar-refractivity contribution in [1.82, 2.24) is 14.9 Å². The van der Waals surface area contributed by atoms with Gasteiger partial charge in [-0.15, -0.1) is 10.2 Å². The molecule has 10 heteroatoms. The van der Waals surface area contributed by atoms with Crippen LogP contribution in [0.1, 0.15) is 51.3 Å². The predicted octanol–water partition coefficient (Wildman–Crippen LogP) is 3.02. The zero-order chi connectivity index (χ0) is 20.7. The lowest BCUT2D eigenvalue weighted by molar-refractivity contribution is -0.118. The van der Waals surface area contributed by atoms with Gasteiger partial charge in [-0.25, -0.2) is 13.1 Å². The van der Waals surface area contributed by atoms with E-state index in [1.54, 1.807) is 13.8 Å². The van der Waals surface area contributed by atoms with Gasteiger partial charge in [0.2, 0.25) is 15.4 Å². The third-order valence-corrected chi connectivity index (χ3v) is 6.99. The number of fused-ring (bicyclic) bond motifs is 1. The van der Waals surface area contributed by atoms with E-state index >= 15 is 0 Å². The smallest absolute Gasteiger partial charge is 0.270 e. The Kier molecular flexibility index (Phi) is 5.48. The molecule has 1 aliphatic rings. The molecule has 0 bridgehead atoms. The number of ether oxygens (including phenoxy) is 1. The molecule has 8 nitrogen and oxygen atoms in total. The summed E-state index contributed by atoms with van der Waals surface area (Å²) in [6, 6.07) is 5.25. The molecule has 2 heterocycles. The van der Waals surface area contributed by atoms with E-state index in [9.17, 15) is 13.2 Å². The summed E-state index contributed by atoms with van der Waals surface area (Å²) in [4.78, 5) is 11.8. The van der Waals surface area contributed by atoms with E-state index in [4.69, 9.17) is 4.74 Å². The molecule has 2 aromatic rings. The van der Waals surface area contributed by atoms with Gasteiger partial charge in [-0.2, -0.15) is 0 Å². The number of rotatable bonds is 5. The first-order chi connectivity index (χ1) is 13.0. The first kappa shape index (κ1) is 20.7. The average molecular weight is 425 g/mol. The van der Waals surface area contributed by atoms with Gasteiger partial charge >= 0.3 is 0 Å². The van der Waals surface area contributed by atoms with Gasteiger partial charge in [0, 0.05) is 17.9 Å². The number of amides is 1. The van der Waals surface area contributed by atoms with Gasteiger partial charge in [-0.3, -0.25) is 4.79 Å². The molecule has 0 saturated carbocycles. The van der Waals surface area contributed by atoms with E-state index in [-0.39, 0.29) is 21.3 Å². The molecule has 3 rings (SSSR count). The Balaban J connectivity index is 1.86. The standard InChI is InChI=1S/C18H24N4O4S2/c1-10(2)15(23)19-16-20-21-17(27-16)28(24,25)22-13-9-18(4,5)26-14-7-6-11(3)8-12(13)14/h6-8,10,13,22H,9H2,1-5H3,(H,19,20,23)/t13-/m1/s1. The monoisotopic (exact) mass is 424 g/mol. The van der Waals surface area contributed by atoms with Crippen LogP contribution in [0.25, 0.3) is 0 Å². The molecule has 1 aromatic heterocycles. The number of anilines is 1. The van der Waals surface area contributed by atoms with Gasteiger partial charge in [-0.1, -0.05) is 42.9 Å². The molecule has 1 atom stereocenters. The molecule has 2 N–H and O–H groups in total. The average Bonchev–Trinajstić information content (AvgIpc) is 3.04. The van der Waals surface area contributed by atoms with Gasteiger partial charge < -0.3 is 10.1 Å². The molecule has 152 valence electrons. The van der Waals surface area contributed by atoms with Crippen LogP contribution in [0, 0.1) is 12.8 Å². The van der Waals surface area contributed by atoms with Crippen LogP contribution >= 0.6 is 11.3 Å². The normalized spacial score (nSPS) is 18.4. The molecule has 0 spiro atoms. The van der Waals surface area contributed by atoms with Crippen LogP contribution in [0.4, 0.5) is 5.13 Å². The van der Waals surface area contributed by atoms with Gasteiger partial charge in [-0.05, 0) is 26.8 Å². The summed E-state index contributed by atoms with van der Waals surface area (Å²) in [6.45, 7) is 9.26. The van der Waals surface area contributed by atoms with Crippen LogP contribution in [0.5, 0.6) is 5.75 Å². The SMILES string of the molecule is Cc1ccc2c(c1)[C@H](NS(=O)(=O)c1nnc(NC(=O)C(C)C)s1)CC(C)(C)O2. The zero-order valence-corrected chi connectivity index (χ0v) is 18.1. The van der Waals surface area contributed by atoms with Gasteiger partial charge in [0.25, 0.3) is 10.0 Å². The molecule has 0 fully saturated rings. The Morgan fingerprint density at radius 1 is 1.32 bits per heavy atom. The molecule has 0 radical (unpaired) electrons. The maximum absolute atomic E-state index is 12.9. The fraction of sp³-hybridized carbons (Fsp3) is 0.500. The number of aromatic nitrogens is 2. The molecule has 1 aromatic carbocycles. The number of sulfonamides is 1. The van der Waals surface area contributed by atoms with Gasteiger partial charge in [0.05, 0.1) is 6.04 Å². The Hall–Kier alpha value is -2.04. The Bertz CT molecular complexity index is 999. The van der Waals surface area contributed by atoms with Gasteiger partial charge in [0.1, 0.15) is 11.4 Å². The van der Waals surface area contributed by atoms with E-state index in [1.165, 1.54) is 0 Å². The summed E-state index contributed by atoms with van der Waals surface area (Å²) in [7, 11) is -3.91. The number of hydrogen-bond donors (Lipinski definition) is 2. The van der Waals surface area contributed by atoms with Crippen molar-refractivity contribution in [3.63, 3.8) is 0 Å². The Morgan fingerprint density at radius 2 is 2.04 bits per heavy atom. The van der Waals surface area contributed by atoms with Crippen LogP contribution in [0.3, 0.4) is 0 Å². The quantitative estimate of drug-likeness (QED) is 0.714. The maximum atomic E-state index is 12.9. The van der Waals surface area contributed by atoms with Crippen molar-refractivity contribution in [3.8, 4) is 5.75 Å². The lowest BCUT2D eigenvalue weighted by Gasteiger charge is -2.37. The Labute approximate surface area is 168 Å². The highest BCUT2D eigenvalue weighted by atomic mass is 32.2. The van der Waals surface area contributed by atoms with Crippen molar-refractivity contribution >= 4 is 32.4 Å². The molecule has 0 unspecified atom stereocenters. The summed E-state index contributed by atoms with van der Waals surface area (Å²) in [5, 5.41) is 10.2. The number of nitrogens with zero attached hydrogens (tertiary/aromatic N) is 2. The molecular weight excluding hydrogens is 400 g/mol. The fourth-order valence-electron chi connectivity index (χ4n) is 2.94. The third-order valence-electron chi connectivity index (χ3n) is 4.31. The van der Waals surface area contributed by atoms with Crippen molar-refractivity contribution in [2.24, 2.45) is 5.92 Å². The molecular formula is C18H24N4O4S2. The third kappa shape index (κ3) is 4.50. The van der Waals surface area contributed by atoms with Crippen molar-refractivity contribution in [3.05, 3.63) is 29.3 Å². The highest BCUT2D eigenvalue weighted by Crippen LogP contribution is 2.40. The van der Waals surface area contributed by atoms with Gasteiger partial charge in [0.15, 0.2) is 0 Å². The molecule has 1 aliphatic heterocycles. The minimum Gasteiger partial charge on any atom is -0.487 e.